The van der Waals surface area contributed by atoms with Gasteiger partial charge in [-0.25, -0.2) is 0 Å². The molecule has 0 saturated carbocycles. The summed E-state index contributed by atoms with van der Waals surface area (Å²) in [6.45, 7) is 2.78. The predicted molar refractivity (Wildman–Crippen MR) is 81.3 cm³/mol. The van der Waals surface area contributed by atoms with Crippen LogP contribution in [0.3, 0.4) is 0 Å². The van der Waals surface area contributed by atoms with Crippen LogP contribution in [0.1, 0.15) is 34.5 Å². The SMILES string of the molecule is CSCCCCCNC(=O)c1cc(C)c(Br)s1. The van der Waals surface area contributed by atoms with Gasteiger partial charge in [-0.15, -0.1) is 11.3 Å². The van der Waals surface area contributed by atoms with E-state index in [1.807, 2.05) is 24.8 Å². The van der Waals surface area contributed by atoms with E-state index in [0.717, 1.165) is 27.2 Å². The Bertz CT molecular complexity index is 346. The molecule has 0 saturated heterocycles. The molecule has 0 bridgehead atoms. The second kappa shape index (κ2) is 8.16. The second-order valence-corrected chi connectivity index (χ2v) is 7.23. The molecular formula is C12H18BrNOS2. The molecule has 0 atom stereocenters. The highest BCUT2D eigenvalue weighted by Crippen LogP contribution is 2.27. The molecule has 0 aromatic carbocycles. The van der Waals surface area contributed by atoms with Gasteiger partial charge in [0.25, 0.3) is 5.91 Å². The number of halogens is 1. The first kappa shape index (κ1) is 15.1. The van der Waals surface area contributed by atoms with Crippen LogP contribution in [0.15, 0.2) is 9.85 Å². The lowest BCUT2D eigenvalue weighted by molar-refractivity contribution is 0.0957. The zero-order valence-corrected chi connectivity index (χ0v) is 13.4. The summed E-state index contributed by atoms with van der Waals surface area (Å²) in [4.78, 5) is 12.6. The highest BCUT2D eigenvalue weighted by molar-refractivity contribution is 9.11. The highest BCUT2D eigenvalue weighted by Gasteiger charge is 2.10. The van der Waals surface area contributed by atoms with Crippen molar-refractivity contribution in [1.82, 2.24) is 5.32 Å². The molecule has 1 rings (SSSR count). The number of nitrogens with one attached hydrogen (secondary N) is 1. The Labute approximate surface area is 120 Å². The van der Waals surface area contributed by atoms with E-state index in [9.17, 15) is 4.79 Å². The fourth-order valence-electron chi connectivity index (χ4n) is 1.41. The van der Waals surface area contributed by atoms with Crippen LogP contribution < -0.4 is 5.32 Å². The highest BCUT2D eigenvalue weighted by atomic mass is 79.9. The molecule has 1 heterocycles. The van der Waals surface area contributed by atoms with Gasteiger partial charge < -0.3 is 5.32 Å². The Morgan fingerprint density at radius 2 is 2.24 bits per heavy atom. The first-order valence-electron chi connectivity index (χ1n) is 5.68. The van der Waals surface area contributed by atoms with Gasteiger partial charge >= 0.3 is 0 Å². The molecule has 0 radical (unpaired) electrons. The third-order valence-electron chi connectivity index (χ3n) is 2.39. The van der Waals surface area contributed by atoms with Gasteiger partial charge in [0, 0.05) is 6.54 Å². The summed E-state index contributed by atoms with van der Waals surface area (Å²) < 4.78 is 1.04. The summed E-state index contributed by atoms with van der Waals surface area (Å²) in [6, 6.07) is 1.93. The number of hydrogen-bond acceptors (Lipinski definition) is 3. The molecule has 0 aliphatic heterocycles. The van der Waals surface area contributed by atoms with Gasteiger partial charge in [-0.1, -0.05) is 6.42 Å². The van der Waals surface area contributed by atoms with Crippen molar-refractivity contribution in [2.45, 2.75) is 26.2 Å². The topological polar surface area (TPSA) is 29.1 Å². The van der Waals surface area contributed by atoms with Gasteiger partial charge in [0.05, 0.1) is 8.66 Å². The van der Waals surface area contributed by atoms with Crippen LogP contribution in [-0.2, 0) is 0 Å². The van der Waals surface area contributed by atoms with E-state index >= 15 is 0 Å². The van der Waals surface area contributed by atoms with Crippen LogP contribution >= 0.6 is 39.0 Å². The standard InChI is InChI=1S/C12H18BrNOS2/c1-9-8-10(17-11(9)13)12(15)14-6-4-3-5-7-16-2/h8H,3-7H2,1-2H3,(H,14,15). The third kappa shape index (κ3) is 5.44. The molecule has 0 unspecified atom stereocenters. The maximum atomic E-state index is 11.8. The fourth-order valence-corrected chi connectivity index (χ4v) is 3.35. The zero-order chi connectivity index (χ0) is 12.7. The number of aryl methyl sites for hydroxylation is 1. The maximum Gasteiger partial charge on any atom is 0.261 e. The maximum absolute atomic E-state index is 11.8. The van der Waals surface area contributed by atoms with Gasteiger partial charge in [-0.05, 0) is 59.3 Å². The van der Waals surface area contributed by atoms with Gasteiger partial charge in [0.1, 0.15) is 0 Å². The molecule has 0 spiro atoms. The summed E-state index contributed by atoms with van der Waals surface area (Å²) >= 11 is 6.80. The van der Waals surface area contributed by atoms with E-state index < -0.39 is 0 Å². The minimum absolute atomic E-state index is 0.0497. The zero-order valence-electron chi connectivity index (χ0n) is 10.2. The van der Waals surface area contributed by atoms with Crippen molar-refractivity contribution in [3.05, 3.63) is 20.3 Å². The van der Waals surface area contributed by atoms with Gasteiger partial charge in [-0.2, -0.15) is 11.8 Å². The summed E-state index contributed by atoms with van der Waals surface area (Å²) in [5, 5.41) is 2.96. The van der Waals surface area contributed by atoms with Crippen molar-refractivity contribution in [2.24, 2.45) is 0 Å². The normalized spacial score (nSPS) is 10.5. The number of thiophene rings is 1. The first-order valence-corrected chi connectivity index (χ1v) is 8.68. The largest absolute Gasteiger partial charge is 0.351 e. The number of unbranched alkanes of at least 4 members (excludes halogenated alkanes) is 2. The lowest BCUT2D eigenvalue weighted by Gasteiger charge is -2.03. The van der Waals surface area contributed by atoms with Crippen LogP contribution in [-0.4, -0.2) is 24.5 Å². The number of carbonyl (C=O) groups is 1. The van der Waals surface area contributed by atoms with Crippen molar-refractivity contribution < 1.29 is 4.79 Å². The van der Waals surface area contributed by atoms with Crippen LogP contribution in [0.2, 0.25) is 0 Å². The van der Waals surface area contributed by atoms with E-state index in [0.29, 0.717) is 0 Å². The molecule has 1 aromatic rings. The molecule has 0 aliphatic carbocycles. The molecule has 5 heteroatoms. The van der Waals surface area contributed by atoms with Crippen LogP contribution in [0, 0.1) is 6.92 Å². The lowest BCUT2D eigenvalue weighted by atomic mass is 10.2. The summed E-state index contributed by atoms with van der Waals surface area (Å²) in [6.07, 6.45) is 5.62. The van der Waals surface area contributed by atoms with E-state index in [1.165, 1.54) is 29.9 Å². The molecule has 1 amide bonds. The molecule has 0 aliphatic rings. The second-order valence-electron chi connectivity index (χ2n) is 3.88. The van der Waals surface area contributed by atoms with E-state index in [4.69, 9.17) is 0 Å². The summed E-state index contributed by atoms with van der Waals surface area (Å²) in [7, 11) is 0. The van der Waals surface area contributed by atoms with Crippen LogP contribution in [0.5, 0.6) is 0 Å². The predicted octanol–water partition coefficient (Wildman–Crippen LogP) is 4.08. The molecule has 96 valence electrons. The van der Waals surface area contributed by atoms with Crippen molar-refractivity contribution >= 4 is 44.9 Å². The fraction of sp³-hybridized carbons (Fsp3) is 0.583. The Hall–Kier alpha value is -0.0000000000000000833. The summed E-state index contributed by atoms with van der Waals surface area (Å²) in [5.74, 6) is 1.26. The Morgan fingerprint density at radius 3 is 2.82 bits per heavy atom. The monoisotopic (exact) mass is 335 g/mol. The average molecular weight is 336 g/mol. The Morgan fingerprint density at radius 1 is 1.47 bits per heavy atom. The van der Waals surface area contributed by atoms with E-state index in [1.54, 1.807) is 0 Å². The number of rotatable bonds is 7. The van der Waals surface area contributed by atoms with E-state index in [-0.39, 0.29) is 5.91 Å². The molecule has 1 N–H and O–H groups in total. The lowest BCUT2D eigenvalue weighted by Crippen LogP contribution is -2.23. The van der Waals surface area contributed by atoms with Crippen molar-refractivity contribution in [1.29, 1.82) is 0 Å². The van der Waals surface area contributed by atoms with Gasteiger partial charge in [-0.3, -0.25) is 4.79 Å². The summed E-state index contributed by atoms with van der Waals surface area (Å²) in [5.41, 5.74) is 1.13. The number of carbonyl (C=O) groups excluding carboxylic acids is 1. The molecule has 0 fully saturated rings. The number of thioether (sulfide) groups is 1. The van der Waals surface area contributed by atoms with Crippen molar-refractivity contribution in [3.63, 3.8) is 0 Å². The average Bonchev–Trinajstić information content (AvgIpc) is 2.64. The first-order chi connectivity index (χ1) is 8.15. The minimum Gasteiger partial charge on any atom is -0.351 e. The van der Waals surface area contributed by atoms with Crippen LogP contribution in [0.4, 0.5) is 0 Å². The minimum atomic E-state index is 0.0497. The van der Waals surface area contributed by atoms with Gasteiger partial charge in [0.2, 0.25) is 0 Å². The molecule has 17 heavy (non-hydrogen) atoms. The number of hydrogen-bond donors (Lipinski definition) is 1. The van der Waals surface area contributed by atoms with Crippen molar-refractivity contribution in [3.8, 4) is 0 Å². The number of amides is 1. The Balaban J connectivity index is 2.21. The smallest absolute Gasteiger partial charge is 0.261 e. The molecule has 1 aromatic heterocycles. The van der Waals surface area contributed by atoms with Crippen molar-refractivity contribution in [2.75, 3.05) is 18.6 Å². The molecular weight excluding hydrogens is 318 g/mol. The Kier molecular flexibility index (Phi) is 7.23. The van der Waals surface area contributed by atoms with Crippen LogP contribution in [0.25, 0.3) is 0 Å². The van der Waals surface area contributed by atoms with Gasteiger partial charge in [0.15, 0.2) is 0 Å². The molecule has 2 nitrogen and oxygen atoms in total. The third-order valence-corrected chi connectivity index (χ3v) is 5.22. The quantitative estimate of drug-likeness (QED) is 0.760. The van der Waals surface area contributed by atoms with E-state index in [2.05, 4.69) is 27.5 Å².